The van der Waals surface area contributed by atoms with Crippen molar-refractivity contribution >= 4 is 5.97 Å². The molecule has 0 aromatic heterocycles. The quantitative estimate of drug-likeness (QED) is 0.281. The monoisotopic (exact) mass is 273 g/mol. The number of carbonyl (C=O) groups excluding carboxylic acids is 1. The maximum atomic E-state index is 10.0. The largest absolute Gasteiger partial charge is 0.466 e. The fourth-order valence-electron chi connectivity index (χ4n) is 0.475. The lowest BCUT2D eigenvalue weighted by Gasteiger charge is -1.81. The second-order valence-electron chi connectivity index (χ2n) is 1.32. The third kappa shape index (κ3) is 70.2. The van der Waals surface area contributed by atoms with Crippen LogP contribution in [0, 0.1) is 0 Å². The van der Waals surface area contributed by atoms with Crippen LogP contribution in [0.2, 0.25) is 0 Å². The molecule has 1 heterocycles. The van der Waals surface area contributed by atoms with Gasteiger partial charge in [-0.25, -0.2) is 0 Å². The summed E-state index contributed by atoms with van der Waals surface area (Å²) in [5, 5.41) is 0. The molecule has 17 heavy (non-hydrogen) atoms. The third-order valence-electron chi connectivity index (χ3n) is 0.788. The maximum absolute atomic E-state index is 10.0. The Balaban J connectivity index is -0.00000000364. The third-order valence-corrected chi connectivity index (χ3v) is 0.788. The van der Waals surface area contributed by atoms with Crippen molar-refractivity contribution < 1.29 is 9.53 Å². The molecule has 122 valence electrons. The normalized spacial score (nSPS) is 7.41. The van der Waals surface area contributed by atoms with Gasteiger partial charge in [0.05, 0.1) is 6.61 Å². The molecule has 13 nitrogen and oxygen atoms in total. The van der Waals surface area contributed by atoms with E-state index in [1.165, 1.54) is 0 Å². The fraction of sp³-hybridized carbons (Fsp3) is 0.750. The molecule has 13 heteroatoms. The summed E-state index contributed by atoms with van der Waals surface area (Å²) in [5.41, 5.74) is 0. The van der Waals surface area contributed by atoms with Crippen LogP contribution in [-0.4, -0.2) is 12.6 Å². The summed E-state index contributed by atoms with van der Waals surface area (Å²) in [6, 6.07) is 0. The van der Waals surface area contributed by atoms with E-state index < -0.39 is 0 Å². The van der Waals surface area contributed by atoms with Crippen LogP contribution in [0.1, 0.15) is 12.8 Å². The highest BCUT2D eigenvalue weighted by atomic mass is 16.5. The summed E-state index contributed by atoms with van der Waals surface area (Å²) < 4.78 is 4.51. The molecule has 0 radical (unpaired) electrons. The molecule has 0 bridgehead atoms. The van der Waals surface area contributed by atoms with Crippen molar-refractivity contribution in [3.63, 3.8) is 0 Å². The van der Waals surface area contributed by atoms with E-state index in [9.17, 15) is 4.79 Å². The number of carbonyl (C=O) groups is 1. The van der Waals surface area contributed by atoms with E-state index in [4.69, 9.17) is 0 Å². The summed E-state index contributed by atoms with van der Waals surface area (Å²) >= 11 is 0. The molecular formula is C4H39N11O2. The topological polar surface area (TPSA) is 411 Å². The average Bonchev–Trinajstić information content (AvgIpc) is 1.86. The van der Waals surface area contributed by atoms with Gasteiger partial charge in [-0.05, 0) is 6.42 Å². The minimum atomic E-state index is -0.0463. The molecule has 0 saturated carbocycles. The molecule has 1 rings (SSSR count). The van der Waals surface area contributed by atoms with Crippen LogP contribution in [0.25, 0.3) is 0 Å². The van der Waals surface area contributed by atoms with E-state index in [0.29, 0.717) is 13.0 Å². The second-order valence-corrected chi connectivity index (χ2v) is 1.32. The van der Waals surface area contributed by atoms with E-state index in [-0.39, 0.29) is 73.6 Å². The van der Waals surface area contributed by atoms with Gasteiger partial charge in [-0.2, -0.15) is 0 Å². The van der Waals surface area contributed by atoms with Crippen LogP contribution in [0.5, 0.6) is 0 Å². The summed E-state index contributed by atoms with van der Waals surface area (Å²) in [4.78, 5) is 10.0. The van der Waals surface area contributed by atoms with Crippen molar-refractivity contribution in [1.82, 2.24) is 67.7 Å². The Morgan fingerprint density at radius 1 is 0.647 bits per heavy atom. The molecule has 0 unspecified atom stereocenters. The minimum absolute atomic E-state index is 0. The molecule has 0 atom stereocenters. The van der Waals surface area contributed by atoms with Crippen LogP contribution in [-0.2, 0) is 9.53 Å². The minimum Gasteiger partial charge on any atom is -0.466 e. The Hall–Kier alpha value is -0.970. The van der Waals surface area contributed by atoms with Crippen molar-refractivity contribution in [3.05, 3.63) is 0 Å². The predicted molar refractivity (Wildman–Crippen MR) is 75.4 cm³/mol. The van der Waals surface area contributed by atoms with Crippen LogP contribution >= 0.6 is 0 Å². The van der Waals surface area contributed by atoms with Crippen molar-refractivity contribution in [2.75, 3.05) is 6.61 Å². The van der Waals surface area contributed by atoms with Crippen molar-refractivity contribution in [2.45, 2.75) is 12.8 Å². The molecule has 0 aromatic carbocycles. The molecule has 1 fully saturated rings. The van der Waals surface area contributed by atoms with Gasteiger partial charge < -0.3 is 72.4 Å². The molecule has 1 aliphatic heterocycles. The van der Waals surface area contributed by atoms with E-state index in [1.54, 1.807) is 0 Å². The van der Waals surface area contributed by atoms with Gasteiger partial charge in [0.25, 0.3) is 0 Å². The molecule has 0 aliphatic carbocycles. The number of ether oxygens (including phenoxy) is 1. The molecular weight excluding hydrogens is 234 g/mol. The zero-order chi connectivity index (χ0) is 4.41. The molecule has 1 aliphatic rings. The highest BCUT2D eigenvalue weighted by Gasteiger charge is 2.08. The van der Waals surface area contributed by atoms with E-state index in [2.05, 4.69) is 4.74 Å². The smallest absolute Gasteiger partial charge is 0.305 e. The van der Waals surface area contributed by atoms with Crippen molar-refractivity contribution in [1.29, 1.82) is 0 Å². The van der Waals surface area contributed by atoms with Gasteiger partial charge in [-0.1, -0.05) is 0 Å². The van der Waals surface area contributed by atoms with Crippen LogP contribution in [0.4, 0.5) is 0 Å². The van der Waals surface area contributed by atoms with Gasteiger partial charge in [-0.15, -0.1) is 0 Å². The summed E-state index contributed by atoms with van der Waals surface area (Å²) in [6.07, 6.45) is 1.54. The van der Waals surface area contributed by atoms with Gasteiger partial charge in [0, 0.05) is 6.42 Å². The number of hydrogen-bond donors (Lipinski definition) is 11. The highest BCUT2D eigenvalue weighted by molar-refractivity contribution is 5.70. The Morgan fingerprint density at radius 2 is 0.941 bits per heavy atom. The fourth-order valence-corrected chi connectivity index (χ4v) is 0.475. The van der Waals surface area contributed by atoms with Crippen LogP contribution in [0.3, 0.4) is 0 Å². The molecule has 0 aromatic rings. The first kappa shape index (κ1) is 143. The lowest BCUT2D eigenvalue weighted by atomic mass is 10.4. The van der Waals surface area contributed by atoms with E-state index in [0.717, 1.165) is 6.42 Å². The summed E-state index contributed by atoms with van der Waals surface area (Å²) in [6.45, 7) is 0.638. The number of rotatable bonds is 0. The first-order valence-electron chi connectivity index (χ1n) is 2.05. The zero-order valence-electron chi connectivity index (χ0n) is 11.2. The van der Waals surface area contributed by atoms with Crippen LogP contribution in [0.15, 0.2) is 0 Å². The molecule has 0 amide bonds. The second kappa shape index (κ2) is 81.4. The first-order chi connectivity index (χ1) is 2.89. The van der Waals surface area contributed by atoms with E-state index in [1.807, 2.05) is 0 Å². The Bertz CT molecular complexity index is 75.9. The molecule has 0 spiro atoms. The van der Waals surface area contributed by atoms with Gasteiger partial charge in [0.15, 0.2) is 0 Å². The number of cyclic esters (lactones) is 1. The van der Waals surface area contributed by atoms with E-state index >= 15 is 0 Å². The Kier molecular flexibility index (Phi) is 685. The number of esters is 1. The van der Waals surface area contributed by atoms with Gasteiger partial charge in [0.1, 0.15) is 0 Å². The Morgan fingerprint density at radius 3 is 1.00 bits per heavy atom. The predicted octanol–water partition coefficient (Wildman–Crippen LogP) is 2.11. The highest BCUT2D eigenvalue weighted by Crippen LogP contribution is 2.01. The lowest BCUT2D eigenvalue weighted by Crippen LogP contribution is -1.88. The van der Waals surface area contributed by atoms with Gasteiger partial charge in [0.2, 0.25) is 0 Å². The first-order valence-corrected chi connectivity index (χ1v) is 2.05. The average molecular weight is 273 g/mol. The molecule has 33 N–H and O–H groups in total. The SMILES string of the molecule is N.N.N.N.N.N.N.N.N.N.N.O=C1CCCO1. The standard InChI is InChI=1S/C4H6O2.11H3N/c5-4-2-1-3-6-4;;;;;;;;;;;/h1-3H2;11*1H3. The van der Waals surface area contributed by atoms with Gasteiger partial charge in [-0.3, -0.25) is 4.79 Å². The van der Waals surface area contributed by atoms with Gasteiger partial charge >= 0.3 is 5.97 Å². The summed E-state index contributed by atoms with van der Waals surface area (Å²) in [7, 11) is 0. The lowest BCUT2D eigenvalue weighted by molar-refractivity contribution is -0.137. The van der Waals surface area contributed by atoms with Crippen LogP contribution < -0.4 is 67.7 Å². The van der Waals surface area contributed by atoms with Crippen molar-refractivity contribution in [3.8, 4) is 0 Å². The zero-order valence-corrected chi connectivity index (χ0v) is 11.2. The summed E-state index contributed by atoms with van der Waals surface area (Å²) in [5.74, 6) is -0.0463. The number of hydrogen-bond acceptors (Lipinski definition) is 13. The molecule has 1 saturated heterocycles. The Labute approximate surface area is 104 Å². The maximum Gasteiger partial charge on any atom is 0.305 e. The van der Waals surface area contributed by atoms with Crippen molar-refractivity contribution in [2.24, 2.45) is 0 Å².